The Balaban J connectivity index is 1.95. The predicted molar refractivity (Wildman–Crippen MR) is 71.8 cm³/mol. The number of halogens is 1. The van der Waals surface area contributed by atoms with E-state index in [4.69, 9.17) is 4.42 Å². The van der Waals surface area contributed by atoms with Gasteiger partial charge in [-0.15, -0.1) is 0 Å². The summed E-state index contributed by atoms with van der Waals surface area (Å²) in [7, 11) is 0. The molecule has 0 fully saturated rings. The molecule has 4 nitrogen and oxygen atoms in total. The van der Waals surface area contributed by atoms with Gasteiger partial charge in [-0.1, -0.05) is 25.1 Å². The molecule has 0 spiro atoms. The summed E-state index contributed by atoms with van der Waals surface area (Å²) in [6.07, 6.45) is -0.397. The molecule has 1 amide bonds. The quantitative estimate of drug-likeness (QED) is 0.882. The molecule has 1 aromatic heterocycles. The van der Waals surface area contributed by atoms with Crippen LogP contribution in [0.5, 0.6) is 0 Å². The number of carbonyl (C=O) groups excluding carboxylic acids is 1. The standard InChI is InChI=1S/C15H16FNO3/c1-2-10-7-8-14(20-10)15(19)17-9-13(18)11-5-3-4-6-12(11)16/h3-8,13,18H,2,9H2,1H3,(H,17,19). The Kier molecular flexibility index (Phi) is 4.53. The molecule has 106 valence electrons. The number of aliphatic hydroxyl groups excluding tert-OH is 1. The summed E-state index contributed by atoms with van der Waals surface area (Å²) in [6.45, 7) is 1.84. The van der Waals surface area contributed by atoms with E-state index in [-0.39, 0.29) is 17.9 Å². The van der Waals surface area contributed by atoms with E-state index in [9.17, 15) is 14.3 Å². The van der Waals surface area contributed by atoms with Crippen molar-refractivity contribution in [3.05, 3.63) is 59.3 Å². The molecule has 0 saturated carbocycles. The van der Waals surface area contributed by atoms with Crippen LogP contribution in [0.1, 0.15) is 34.9 Å². The zero-order chi connectivity index (χ0) is 14.5. The summed E-state index contributed by atoms with van der Waals surface area (Å²) in [6, 6.07) is 9.21. The molecule has 0 aliphatic rings. The van der Waals surface area contributed by atoms with Crippen LogP contribution in [-0.4, -0.2) is 17.6 Å². The number of aryl methyl sites for hydroxylation is 1. The zero-order valence-electron chi connectivity index (χ0n) is 11.1. The molecule has 2 N–H and O–H groups in total. The summed E-state index contributed by atoms with van der Waals surface area (Å²) >= 11 is 0. The number of hydrogen-bond donors (Lipinski definition) is 2. The SMILES string of the molecule is CCc1ccc(C(=O)NCC(O)c2ccccc2F)o1. The summed E-state index contributed by atoms with van der Waals surface area (Å²) < 4.78 is 18.7. The topological polar surface area (TPSA) is 62.5 Å². The van der Waals surface area contributed by atoms with Crippen LogP contribution in [0.3, 0.4) is 0 Å². The van der Waals surface area contributed by atoms with Gasteiger partial charge in [-0.25, -0.2) is 4.39 Å². The van der Waals surface area contributed by atoms with Crippen molar-refractivity contribution in [3.63, 3.8) is 0 Å². The highest BCUT2D eigenvalue weighted by Gasteiger charge is 2.15. The third-order valence-corrected chi connectivity index (χ3v) is 2.95. The minimum Gasteiger partial charge on any atom is -0.456 e. The maximum absolute atomic E-state index is 13.4. The summed E-state index contributed by atoms with van der Waals surface area (Å²) in [4.78, 5) is 11.8. The van der Waals surface area contributed by atoms with Gasteiger partial charge in [-0.05, 0) is 18.2 Å². The third-order valence-electron chi connectivity index (χ3n) is 2.95. The molecule has 1 heterocycles. The van der Waals surface area contributed by atoms with Crippen molar-refractivity contribution in [3.8, 4) is 0 Å². The van der Waals surface area contributed by atoms with Gasteiger partial charge in [0, 0.05) is 18.5 Å². The molecule has 20 heavy (non-hydrogen) atoms. The molecule has 2 aromatic rings. The largest absolute Gasteiger partial charge is 0.456 e. The molecular weight excluding hydrogens is 261 g/mol. The van der Waals surface area contributed by atoms with E-state index < -0.39 is 17.8 Å². The molecular formula is C15H16FNO3. The lowest BCUT2D eigenvalue weighted by Gasteiger charge is -2.12. The molecule has 1 unspecified atom stereocenters. The first-order chi connectivity index (χ1) is 9.61. The van der Waals surface area contributed by atoms with Crippen molar-refractivity contribution < 1.29 is 18.7 Å². The predicted octanol–water partition coefficient (Wildman–Crippen LogP) is 2.44. The lowest BCUT2D eigenvalue weighted by Crippen LogP contribution is -2.28. The van der Waals surface area contributed by atoms with Gasteiger partial charge in [-0.3, -0.25) is 4.79 Å². The number of rotatable bonds is 5. The summed E-state index contributed by atoms with van der Waals surface area (Å²) in [5.41, 5.74) is 0.154. The zero-order valence-corrected chi connectivity index (χ0v) is 11.1. The lowest BCUT2D eigenvalue weighted by atomic mass is 10.1. The van der Waals surface area contributed by atoms with Crippen molar-refractivity contribution in [2.24, 2.45) is 0 Å². The minimum atomic E-state index is -1.10. The number of aliphatic hydroxyl groups is 1. The van der Waals surface area contributed by atoms with Crippen molar-refractivity contribution in [1.29, 1.82) is 0 Å². The molecule has 1 aromatic carbocycles. The average molecular weight is 277 g/mol. The van der Waals surface area contributed by atoms with Gasteiger partial charge in [-0.2, -0.15) is 0 Å². The highest BCUT2D eigenvalue weighted by Crippen LogP contribution is 2.16. The van der Waals surface area contributed by atoms with Gasteiger partial charge in [0.2, 0.25) is 0 Å². The number of nitrogens with one attached hydrogen (secondary N) is 1. The summed E-state index contributed by atoms with van der Waals surface area (Å²) in [5.74, 6) is -0.0343. The van der Waals surface area contributed by atoms with Gasteiger partial charge in [0.05, 0.1) is 6.10 Å². The Morgan fingerprint density at radius 2 is 2.10 bits per heavy atom. The Morgan fingerprint density at radius 1 is 1.35 bits per heavy atom. The monoisotopic (exact) mass is 277 g/mol. The highest BCUT2D eigenvalue weighted by molar-refractivity contribution is 5.91. The van der Waals surface area contributed by atoms with Gasteiger partial charge < -0.3 is 14.8 Å². The second-order valence-corrected chi connectivity index (χ2v) is 4.37. The average Bonchev–Trinajstić information content (AvgIpc) is 2.94. The molecule has 0 aliphatic carbocycles. The van der Waals surface area contributed by atoms with Crippen molar-refractivity contribution in [2.75, 3.05) is 6.54 Å². The number of benzene rings is 1. The Hall–Kier alpha value is -2.14. The Labute approximate surface area is 116 Å². The maximum Gasteiger partial charge on any atom is 0.287 e. The molecule has 0 radical (unpaired) electrons. The molecule has 0 aliphatic heterocycles. The summed E-state index contributed by atoms with van der Waals surface area (Å²) in [5, 5.41) is 12.4. The van der Waals surface area contributed by atoms with Crippen LogP contribution in [0.4, 0.5) is 4.39 Å². The van der Waals surface area contributed by atoms with Gasteiger partial charge >= 0.3 is 0 Å². The molecule has 1 atom stereocenters. The fourth-order valence-electron chi connectivity index (χ4n) is 1.82. The van der Waals surface area contributed by atoms with Crippen LogP contribution < -0.4 is 5.32 Å². The van der Waals surface area contributed by atoms with Crippen LogP contribution >= 0.6 is 0 Å². The van der Waals surface area contributed by atoms with E-state index in [1.165, 1.54) is 12.1 Å². The first-order valence-corrected chi connectivity index (χ1v) is 6.41. The second-order valence-electron chi connectivity index (χ2n) is 4.37. The van der Waals surface area contributed by atoms with Crippen LogP contribution in [0.15, 0.2) is 40.8 Å². The number of carbonyl (C=O) groups is 1. The number of amides is 1. The van der Waals surface area contributed by atoms with Crippen LogP contribution in [0, 0.1) is 5.82 Å². The number of furan rings is 1. The first kappa shape index (κ1) is 14.3. The fraction of sp³-hybridized carbons (Fsp3) is 0.267. The van der Waals surface area contributed by atoms with Crippen LogP contribution in [0.25, 0.3) is 0 Å². The molecule has 0 bridgehead atoms. The van der Waals surface area contributed by atoms with Crippen LogP contribution in [0.2, 0.25) is 0 Å². The van der Waals surface area contributed by atoms with Crippen molar-refractivity contribution >= 4 is 5.91 Å². The Morgan fingerprint density at radius 3 is 2.75 bits per heavy atom. The smallest absolute Gasteiger partial charge is 0.287 e. The van der Waals surface area contributed by atoms with Crippen molar-refractivity contribution in [1.82, 2.24) is 5.32 Å². The Bertz CT molecular complexity index is 594. The van der Waals surface area contributed by atoms with E-state index in [2.05, 4.69) is 5.32 Å². The van der Waals surface area contributed by atoms with Gasteiger partial charge in [0.15, 0.2) is 5.76 Å². The maximum atomic E-state index is 13.4. The highest BCUT2D eigenvalue weighted by atomic mass is 19.1. The van der Waals surface area contributed by atoms with E-state index in [0.717, 1.165) is 0 Å². The normalized spacial score (nSPS) is 12.2. The van der Waals surface area contributed by atoms with E-state index >= 15 is 0 Å². The van der Waals surface area contributed by atoms with E-state index in [1.807, 2.05) is 6.92 Å². The lowest BCUT2D eigenvalue weighted by molar-refractivity contribution is 0.0885. The first-order valence-electron chi connectivity index (χ1n) is 6.41. The molecule has 0 saturated heterocycles. The van der Waals surface area contributed by atoms with E-state index in [0.29, 0.717) is 12.2 Å². The number of hydrogen-bond acceptors (Lipinski definition) is 3. The fourth-order valence-corrected chi connectivity index (χ4v) is 1.82. The molecule has 5 heteroatoms. The van der Waals surface area contributed by atoms with Crippen LogP contribution in [-0.2, 0) is 6.42 Å². The molecule has 2 rings (SSSR count). The minimum absolute atomic E-state index is 0.0814. The van der Waals surface area contributed by atoms with Crippen molar-refractivity contribution in [2.45, 2.75) is 19.4 Å². The van der Waals surface area contributed by atoms with Gasteiger partial charge in [0.25, 0.3) is 5.91 Å². The van der Waals surface area contributed by atoms with Gasteiger partial charge in [0.1, 0.15) is 11.6 Å². The third kappa shape index (κ3) is 3.24. The van der Waals surface area contributed by atoms with E-state index in [1.54, 1.807) is 24.3 Å². The second kappa shape index (κ2) is 6.34.